The molecule has 3 aromatic rings. The van der Waals surface area contributed by atoms with E-state index in [1.165, 1.54) is 29.1 Å². The first-order valence-corrected chi connectivity index (χ1v) is 7.36. The van der Waals surface area contributed by atoms with Crippen LogP contribution in [0.15, 0.2) is 55.0 Å². The third kappa shape index (κ3) is 3.94. The molecule has 0 aliphatic rings. The zero-order chi connectivity index (χ0) is 17.9. The van der Waals surface area contributed by atoms with Gasteiger partial charge < -0.3 is 10.4 Å². The van der Waals surface area contributed by atoms with Crippen molar-refractivity contribution in [2.75, 3.05) is 11.9 Å². The van der Waals surface area contributed by atoms with Crippen molar-refractivity contribution < 1.29 is 18.3 Å². The lowest BCUT2D eigenvalue weighted by atomic mass is 10.0. The molecule has 0 unspecified atom stereocenters. The normalized spacial score (nSPS) is 12.8. The van der Waals surface area contributed by atoms with E-state index in [0.717, 1.165) is 6.07 Å². The Morgan fingerprint density at radius 3 is 2.64 bits per heavy atom. The van der Waals surface area contributed by atoms with Crippen LogP contribution in [0.4, 0.5) is 19.1 Å². The SMILES string of the molecule is O[C@H](CNc1nccc(-n2cccn2)n1)c1ccccc1C(F)(F)F. The molecule has 0 radical (unpaired) electrons. The predicted octanol–water partition coefficient (Wildman–Crippen LogP) is 2.83. The van der Waals surface area contributed by atoms with E-state index >= 15 is 0 Å². The monoisotopic (exact) mass is 349 g/mol. The minimum atomic E-state index is -4.53. The molecule has 2 heterocycles. The van der Waals surface area contributed by atoms with Crippen molar-refractivity contribution in [3.05, 3.63) is 66.1 Å². The summed E-state index contributed by atoms with van der Waals surface area (Å²) in [5.74, 6) is 0.671. The molecule has 9 heteroatoms. The Morgan fingerprint density at radius 2 is 1.92 bits per heavy atom. The molecule has 2 N–H and O–H groups in total. The molecule has 0 saturated carbocycles. The number of hydrogen-bond acceptors (Lipinski definition) is 5. The summed E-state index contributed by atoms with van der Waals surface area (Å²) in [5.41, 5.74) is -1.07. The molecule has 0 aliphatic carbocycles. The molecule has 0 fully saturated rings. The summed E-state index contributed by atoms with van der Waals surface area (Å²) in [5, 5.41) is 16.9. The number of benzene rings is 1. The number of aliphatic hydroxyl groups is 1. The smallest absolute Gasteiger partial charge is 0.387 e. The van der Waals surface area contributed by atoms with Crippen LogP contribution in [0, 0.1) is 0 Å². The minimum absolute atomic E-state index is 0.171. The number of nitrogens with one attached hydrogen (secondary N) is 1. The van der Waals surface area contributed by atoms with Crippen molar-refractivity contribution in [3.8, 4) is 5.82 Å². The van der Waals surface area contributed by atoms with Gasteiger partial charge >= 0.3 is 6.18 Å². The fraction of sp³-hybridized carbons (Fsp3) is 0.188. The van der Waals surface area contributed by atoms with Crippen LogP contribution >= 0.6 is 0 Å². The van der Waals surface area contributed by atoms with Gasteiger partial charge in [0, 0.05) is 31.2 Å². The zero-order valence-corrected chi connectivity index (χ0v) is 12.9. The van der Waals surface area contributed by atoms with Crippen molar-refractivity contribution in [1.29, 1.82) is 0 Å². The molecule has 0 bridgehead atoms. The Hall–Kier alpha value is -2.94. The van der Waals surface area contributed by atoms with Gasteiger partial charge in [-0.1, -0.05) is 18.2 Å². The van der Waals surface area contributed by atoms with Crippen LogP contribution in [0.3, 0.4) is 0 Å². The van der Waals surface area contributed by atoms with Gasteiger partial charge in [0.2, 0.25) is 5.95 Å². The number of aromatic nitrogens is 4. The molecule has 1 atom stereocenters. The van der Waals surface area contributed by atoms with E-state index < -0.39 is 17.8 Å². The lowest BCUT2D eigenvalue weighted by molar-refractivity contribution is -0.139. The number of anilines is 1. The third-order valence-electron chi connectivity index (χ3n) is 3.46. The molecule has 0 aliphatic heterocycles. The van der Waals surface area contributed by atoms with E-state index in [4.69, 9.17) is 0 Å². The molecule has 2 aromatic heterocycles. The van der Waals surface area contributed by atoms with Gasteiger partial charge in [-0.15, -0.1) is 0 Å². The van der Waals surface area contributed by atoms with Gasteiger partial charge in [0.15, 0.2) is 5.82 Å². The summed E-state index contributed by atoms with van der Waals surface area (Å²) in [6.45, 7) is -0.171. The van der Waals surface area contributed by atoms with Crippen LogP contribution in [-0.4, -0.2) is 31.4 Å². The topological polar surface area (TPSA) is 75.9 Å². The van der Waals surface area contributed by atoms with Crippen LogP contribution in [-0.2, 0) is 6.18 Å². The minimum Gasteiger partial charge on any atom is -0.387 e. The standard InChI is InChI=1S/C16H14F3N5O/c17-16(18,19)12-5-2-1-4-11(12)13(25)10-21-15-20-8-6-14(23-15)24-9-3-7-22-24/h1-9,13,25H,10H2,(H,20,21,23)/t13-/m1/s1. The van der Waals surface area contributed by atoms with Crippen molar-refractivity contribution in [2.24, 2.45) is 0 Å². The van der Waals surface area contributed by atoms with Gasteiger partial charge in [-0.2, -0.15) is 23.3 Å². The first-order chi connectivity index (χ1) is 11.9. The Balaban J connectivity index is 1.73. The first-order valence-electron chi connectivity index (χ1n) is 7.36. The maximum atomic E-state index is 13.0. The summed E-state index contributed by atoms with van der Waals surface area (Å²) in [6, 6.07) is 8.27. The van der Waals surface area contributed by atoms with E-state index in [-0.39, 0.29) is 18.1 Å². The van der Waals surface area contributed by atoms with Gasteiger partial charge in [-0.25, -0.2) is 9.67 Å². The van der Waals surface area contributed by atoms with Crippen LogP contribution in [0.1, 0.15) is 17.2 Å². The fourth-order valence-corrected chi connectivity index (χ4v) is 2.31. The highest BCUT2D eigenvalue weighted by atomic mass is 19.4. The summed E-state index contributed by atoms with van der Waals surface area (Å²) in [7, 11) is 0. The number of alkyl halides is 3. The second-order valence-electron chi connectivity index (χ2n) is 5.17. The van der Waals surface area contributed by atoms with Crippen LogP contribution in [0.2, 0.25) is 0 Å². The molecule has 0 amide bonds. The van der Waals surface area contributed by atoms with Crippen LogP contribution < -0.4 is 5.32 Å². The maximum Gasteiger partial charge on any atom is 0.416 e. The Morgan fingerprint density at radius 1 is 1.12 bits per heavy atom. The Labute approximate surface area is 141 Å². The van der Waals surface area contributed by atoms with Gasteiger partial charge in [-0.05, 0) is 17.7 Å². The molecular weight excluding hydrogens is 335 g/mol. The van der Waals surface area contributed by atoms with Crippen LogP contribution in [0.25, 0.3) is 5.82 Å². The van der Waals surface area contributed by atoms with E-state index in [1.54, 1.807) is 24.5 Å². The fourth-order valence-electron chi connectivity index (χ4n) is 2.31. The largest absolute Gasteiger partial charge is 0.416 e. The molecule has 0 saturated heterocycles. The quantitative estimate of drug-likeness (QED) is 0.741. The zero-order valence-electron chi connectivity index (χ0n) is 12.9. The molecule has 1 aromatic carbocycles. The van der Waals surface area contributed by atoms with E-state index in [0.29, 0.717) is 5.82 Å². The highest BCUT2D eigenvalue weighted by molar-refractivity contribution is 5.35. The van der Waals surface area contributed by atoms with Crippen LogP contribution in [0.5, 0.6) is 0 Å². The number of rotatable bonds is 5. The second-order valence-corrected chi connectivity index (χ2v) is 5.17. The molecule has 25 heavy (non-hydrogen) atoms. The number of halogens is 3. The first kappa shape index (κ1) is 16.9. The number of aliphatic hydroxyl groups excluding tert-OH is 1. The molecule has 130 valence electrons. The molecular formula is C16H14F3N5O. The summed E-state index contributed by atoms with van der Waals surface area (Å²) in [6.07, 6.45) is -1.13. The Bertz CT molecular complexity index is 836. The summed E-state index contributed by atoms with van der Waals surface area (Å²) >= 11 is 0. The molecule has 3 rings (SSSR count). The summed E-state index contributed by atoms with van der Waals surface area (Å²) < 4.78 is 40.6. The highest BCUT2D eigenvalue weighted by Crippen LogP contribution is 2.34. The number of nitrogens with zero attached hydrogens (tertiary/aromatic N) is 4. The second kappa shape index (κ2) is 6.89. The Kier molecular flexibility index (Phi) is 4.66. The highest BCUT2D eigenvalue weighted by Gasteiger charge is 2.34. The van der Waals surface area contributed by atoms with Crippen molar-refractivity contribution in [3.63, 3.8) is 0 Å². The maximum absolute atomic E-state index is 13.0. The van der Waals surface area contributed by atoms with Crippen molar-refractivity contribution in [1.82, 2.24) is 19.7 Å². The van der Waals surface area contributed by atoms with Crippen molar-refractivity contribution >= 4 is 5.95 Å². The lowest BCUT2D eigenvalue weighted by Gasteiger charge is -2.18. The van der Waals surface area contributed by atoms with Gasteiger partial charge in [0.05, 0.1) is 11.7 Å². The van der Waals surface area contributed by atoms with Crippen molar-refractivity contribution in [2.45, 2.75) is 12.3 Å². The molecule has 6 nitrogen and oxygen atoms in total. The van der Waals surface area contributed by atoms with E-state index in [1.807, 2.05) is 0 Å². The predicted molar refractivity (Wildman–Crippen MR) is 84.0 cm³/mol. The average molecular weight is 349 g/mol. The van der Waals surface area contributed by atoms with E-state index in [9.17, 15) is 18.3 Å². The molecule has 0 spiro atoms. The number of hydrogen-bond donors (Lipinski definition) is 2. The van der Waals surface area contributed by atoms with Gasteiger partial charge in [0.1, 0.15) is 0 Å². The van der Waals surface area contributed by atoms with E-state index in [2.05, 4.69) is 20.4 Å². The third-order valence-corrected chi connectivity index (χ3v) is 3.46. The summed E-state index contributed by atoms with van der Waals surface area (Å²) in [4.78, 5) is 8.19. The van der Waals surface area contributed by atoms with Gasteiger partial charge in [0.25, 0.3) is 0 Å². The lowest BCUT2D eigenvalue weighted by Crippen LogP contribution is -2.18. The van der Waals surface area contributed by atoms with Gasteiger partial charge in [-0.3, -0.25) is 0 Å². The average Bonchev–Trinajstić information content (AvgIpc) is 3.14.